The first kappa shape index (κ1) is 17.3. The predicted molar refractivity (Wildman–Crippen MR) is 89.1 cm³/mol. The average molecular weight is 328 g/mol. The number of carbonyl (C=O) groups is 3. The second-order valence-corrected chi connectivity index (χ2v) is 5.57. The van der Waals surface area contributed by atoms with Crippen molar-refractivity contribution in [3.8, 4) is 0 Å². The SMILES string of the molecule is Cc1cc(C(=O)NC(C(N)=O)C(N)=O)c(C)n1Cc1ccccc1. The van der Waals surface area contributed by atoms with Gasteiger partial charge in [0, 0.05) is 17.9 Å². The van der Waals surface area contributed by atoms with Crippen molar-refractivity contribution in [1.82, 2.24) is 9.88 Å². The number of nitrogens with two attached hydrogens (primary N) is 2. The Hall–Kier alpha value is -3.09. The minimum absolute atomic E-state index is 0.371. The second-order valence-electron chi connectivity index (χ2n) is 5.57. The number of amides is 3. The van der Waals surface area contributed by atoms with E-state index in [9.17, 15) is 14.4 Å². The number of hydrogen-bond acceptors (Lipinski definition) is 3. The molecule has 0 unspecified atom stereocenters. The first-order chi connectivity index (χ1) is 11.3. The van der Waals surface area contributed by atoms with Gasteiger partial charge in [0.05, 0.1) is 5.56 Å². The highest BCUT2D eigenvalue weighted by atomic mass is 16.2. The fraction of sp³-hybridized carbons (Fsp3) is 0.235. The van der Waals surface area contributed by atoms with Gasteiger partial charge < -0.3 is 21.4 Å². The standard InChI is InChI=1S/C17H20N4O3/c1-10-8-13(17(24)20-14(15(18)22)16(19)23)11(2)21(10)9-12-6-4-3-5-7-12/h3-8,14H,9H2,1-2H3,(H2,18,22)(H2,19,23)(H,20,24). The monoisotopic (exact) mass is 328 g/mol. The van der Waals surface area contributed by atoms with E-state index in [1.807, 2.05) is 41.8 Å². The summed E-state index contributed by atoms with van der Waals surface area (Å²) in [6.07, 6.45) is 0. The van der Waals surface area contributed by atoms with Crippen LogP contribution in [-0.4, -0.2) is 28.3 Å². The highest BCUT2D eigenvalue weighted by molar-refractivity contribution is 6.08. The zero-order valence-electron chi connectivity index (χ0n) is 13.6. The van der Waals surface area contributed by atoms with Crippen LogP contribution in [0, 0.1) is 13.8 Å². The molecule has 0 atom stereocenters. The Bertz CT molecular complexity index is 767. The molecule has 0 spiro atoms. The summed E-state index contributed by atoms with van der Waals surface area (Å²) in [6.45, 7) is 4.29. The van der Waals surface area contributed by atoms with Gasteiger partial charge in [-0.15, -0.1) is 0 Å². The number of aryl methyl sites for hydroxylation is 1. The van der Waals surface area contributed by atoms with E-state index in [0.717, 1.165) is 17.0 Å². The van der Waals surface area contributed by atoms with Crippen LogP contribution in [0.1, 0.15) is 27.3 Å². The Balaban J connectivity index is 2.26. The maximum atomic E-state index is 12.4. The normalized spacial score (nSPS) is 10.6. The van der Waals surface area contributed by atoms with Crippen molar-refractivity contribution in [3.63, 3.8) is 0 Å². The van der Waals surface area contributed by atoms with E-state index in [1.165, 1.54) is 0 Å². The first-order valence-electron chi connectivity index (χ1n) is 7.41. The Kier molecular flexibility index (Phi) is 5.03. The van der Waals surface area contributed by atoms with E-state index in [2.05, 4.69) is 5.32 Å². The number of hydrogen-bond donors (Lipinski definition) is 3. The van der Waals surface area contributed by atoms with Crippen molar-refractivity contribution >= 4 is 17.7 Å². The van der Waals surface area contributed by atoms with E-state index in [0.29, 0.717) is 12.1 Å². The van der Waals surface area contributed by atoms with Crippen molar-refractivity contribution < 1.29 is 14.4 Å². The Morgan fingerprint density at radius 2 is 1.67 bits per heavy atom. The summed E-state index contributed by atoms with van der Waals surface area (Å²) in [5.41, 5.74) is 13.2. The topological polar surface area (TPSA) is 120 Å². The third-order valence-electron chi connectivity index (χ3n) is 3.85. The molecule has 0 radical (unpaired) electrons. The van der Waals surface area contributed by atoms with E-state index in [4.69, 9.17) is 11.5 Å². The quantitative estimate of drug-likeness (QED) is 0.658. The van der Waals surface area contributed by atoms with Gasteiger partial charge in [0.25, 0.3) is 5.91 Å². The zero-order chi connectivity index (χ0) is 17.9. The molecule has 0 saturated carbocycles. The van der Waals surface area contributed by atoms with Crippen LogP contribution in [-0.2, 0) is 16.1 Å². The molecule has 1 heterocycles. The summed E-state index contributed by atoms with van der Waals surface area (Å²) in [4.78, 5) is 34.8. The summed E-state index contributed by atoms with van der Waals surface area (Å²) in [6, 6.07) is 9.99. The molecule has 5 N–H and O–H groups in total. The van der Waals surface area contributed by atoms with Gasteiger partial charge in [-0.05, 0) is 25.5 Å². The molecule has 0 fully saturated rings. The van der Waals surface area contributed by atoms with Gasteiger partial charge in [-0.1, -0.05) is 30.3 Å². The van der Waals surface area contributed by atoms with Crippen molar-refractivity contribution in [1.29, 1.82) is 0 Å². The number of nitrogens with one attached hydrogen (secondary N) is 1. The lowest BCUT2D eigenvalue weighted by atomic mass is 10.2. The molecule has 3 amide bonds. The van der Waals surface area contributed by atoms with Gasteiger partial charge in [-0.3, -0.25) is 14.4 Å². The van der Waals surface area contributed by atoms with Gasteiger partial charge >= 0.3 is 0 Å². The van der Waals surface area contributed by atoms with Crippen LogP contribution in [0.5, 0.6) is 0 Å². The van der Waals surface area contributed by atoms with Crippen LogP contribution in [0.15, 0.2) is 36.4 Å². The Morgan fingerprint density at radius 1 is 1.08 bits per heavy atom. The molecule has 126 valence electrons. The molecular formula is C17H20N4O3. The fourth-order valence-electron chi connectivity index (χ4n) is 2.53. The summed E-state index contributed by atoms with van der Waals surface area (Å²) in [5.74, 6) is -2.55. The second kappa shape index (κ2) is 6.99. The van der Waals surface area contributed by atoms with E-state index < -0.39 is 23.8 Å². The van der Waals surface area contributed by atoms with Crippen molar-refractivity contribution in [2.24, 2.45) is 11.5 Å². The van der Waals surface area contributed by atoms with Crippen molar-refractivity contribution in [2.75, 3.05) is 0 Å². The molecule has 0 saturated heterocycles. The molecule has 0 aliphatic heterocycles. The highest BCUT2D eigenvalue weighted by Gasteiger charge is 2.26. The Morgan fingerprint density at radius 3 is 2.21 bits per heavy atom. The molecule has 0 aliphatic carbocycles. The van der Waals surface area contributed by atoms with E-state index in [1.54, 1.807) is 13.0 Å². The van der Waals surface area contributed by atoms with E-state index >= 15 is 0 Å². The molecule has 2 aromatic rings. The molecule has 1 aromatic heterocycles. The number of carbonyl (C=O) groups excluding carboxylic acids is 3. The van der Waals surface area contributed by atoms with Crippen molar-refractivity contribution in [3.05, 3.63) is 58.9 Å². The van der Waals surface area contributed by atoms with Gasteiger partial charge in [0.1, 0.15) is 0 Å². The molecular weight excluding hydrogens is 308 g/mol. The molecule has 0 bridgehead atoms. The van der Waals surface area contributed by atoms with Crippen LogP contribution >= 0.6 is 0 Å². The Labute approximate surface area is 139 Å². The van der Waals surface area contributed by atoms with Gasteiger partial charge in [-0.2, -0.15) is 0 Å². The predicted octanol–water partition coefficient (Wildman–Crippen LogP) is 0.222. The number of primary amides is 2. The third-order valence-corrected chi connectivity index (χ3v) is 3.85. The number of aromatic nitrogens is 1. The molecule has 7 nitrogen and oxygen atoms in total. The molecule has 24 heavy (non-hydrogen) atoms. The van der Waals surface area contributed by atoms with Gasteiger partial charge in [0.15, 0.2) is 6.04 Å². The van der Waals surface area contributed by atoms with Crippen LogP contribution in [0.4, 0.5) is 0 Å². The zero-order valence-corrected chi connectivity index (χ0v) is 13.6. The fourth-order valence-corrected chi connectivity index (χ4v) is 2.53. The van der Waals surface area contributed by atoms with Gasteiger partial charge in [0.2, 0.25) is 11.8 Å². The third kappa shape index (κ3) is 3.62. The van der Waals surface area contributed by atoms with Crippen LogP contribution in [0.2, 0.25) is 0 Å². The average Bonchev–Trinajstić information content (AvgIpc) is 2.81. The molecule has 2 rings (SSSR count). The summed E-state index contributed by atoms with van der Waals surface area (Å²) in [7, 11) is 0. The van der Waals surface area contributed by atoms with E-state index in [-0.39, 0.29) is 0 Å². The lowest BCUT2D eigenvalue weighted by molar-refractivity contribution is -0.128. The first-order valence-corrected chi connectivity index (χ1v) is 7.41. The highest BCUT2D eigenvalue weighted by Crippen LogP contribution is 2.17. The summed E-state index contributed by atoms with van der Waals surface area (Å²) in [5, 5.41) is 2.28. The largest absolute Gasteiger partial charge is 0.367 e. The summed E-state index contributed by atoms with van der Waals surface area (Å²) >= 11 is 0. The lowest BCUT2D eigenvalue weighted by Gasteiger charge is -2.13. The number of rotatable bonds is 6. The molecule has 0 aliphatic rings. The number of benzene rings is 1. The van der Waals surface area contributed by atoms with Crippen LogP contribution < -0.4 is 16.8 Å². The minimum atomic E-state index is -1.53. The molecule has 7 heteroatoms. The van der Waals surface area contributed by atoms with Crippen LogP contribution in [0.25, 0.3) is 0 Å². The maximum Gasteiger partial charge on any atom is 0.254 e. The minimum Gasteiger partial charge on any atom is -0.367 e. The van der Waals surface area contributed by atoms with Crippen molar-refractivity contribution in [2.45, 2.75) is 26.4 Å². The lowest BCUT2D eigenvalue weighted by Crippen LogP contribution is -2.52. The molecule has 1 aromatic carbocycles. The van der Waals surface area contributed by atoms with Gasteiger partial charge in [-0.25, -0.2) is 0 Å². The smallest absolute Gasteiger partial charge is 0.254 e. The van der Waals surface area contributed by atoms with Crippen LogP contribution in [0.3, 0.4) is 0 Å². The maximum absolute atomic E-state index is 12.4. The summed E-state index contributed by atoms with van der Waals surface area (Å²) < 4.78 is 1.98. The number of nitrogens with zero attached hydrogens (tertiary/aromatic N) is 1.